The topological polar surface area (TPSA) is 63.7 Å². The summed E-state index contributed by atoms with van der Waals surface area (Å²) in [5.74, 6) is 0.947. The van der Waals surface area contributed by atoms with Gasteiger partial charge in [0.25, 0.3) is 5.91 Å². The molecule has 1 aromatic heterocycles. The predicted octanol–water partition coefficient (Wildman–Crippen LogP) is 4.12. The normalized spacial score (nSPS) is 16.7. The number of hydrogen-bond acceptors (Lipinski definition) is 5. The molecule has 1 aromatic carbocycles. The third-order valence-electron chi connectivity index (χ3n) is 5.06. The Morgan fingerprint density at radius 2 is 2.07 bits per heavy atom. The molecule has 1 unspecified atom stereocenters. The minimum atomic E-state index is -0.270. The lowest BCUT2D eigenvalue weighted by Crippen LogP contribution is -2.39. The van der Waals surface area contributed by atoms with E-state index in [0.717, 1.165) is 18.7 Å². The lowest BCUT2D eigenvalue weighted by atomic mass is 9.99. The van der Waals surface area contributed by atoms with Crippen LogP contribution in [0.2, 0.25) is 0 Å². The molecule has 1 aliphatic heterocycles. The number of benzene rings is 1. The molecule has 6 nitrogen and oxygen atoms in total. The molecule has 0 spiro atoms. The summed E-state index contributed by atoms with van der Waals surface area (Å²) in [4.78, 5) is 19.4. The number of ether oxygens (including phenoxy) is 2. The van der Waals surface area contributed by atoms with Crippen molar-refractivity contribution in [1.29, 1.82) is 0 Å². The molecular formula is C21H27N3O3. The molecule has 1 atom stereocenters. The van der Waals surface area contributed by atoms with Gasteiger partial charge < -0.3 is 19.7 Å². The van der Waals surface area contributed by atoms with Crippen molar-refractivity contribution in [2.24, 2.45) is 0 Å². The second kappa shape index (κ2) is 8.75. The fourth-order valence-corrected chi connectivity index (χ4v) is 3.59. The molecular weight excluding hydrogens is 342 g/mol. The molecule has 1 saturated heterocycles. The summed E-state index contributed by atoms with van der Waals surface area (Å²) in [6.07, 6.45) is 6.45. The van der Waals surface area contributed by atoms with Crippen molar-refractivity contribution in [1.82, 2.24) is 4.98 Å². The van der Waals surface area contributed by atoms with Crippen LogP contribution in [0, 0.1) is 0 Å². The molecule has 2 heterocycles. The largest absolute Gasteiger partial charge is 0.497 e. The molecule has 1 amide bonds. The van der Waals surface area contributed by atoms with Gasteiger partial charge in [0.1, 0.15) is 17.2 Å². The molecule has 27 heavy (non-hydrogen) atoms. The van der Waals surface area contributed by atoms with E-state index in [1.165, 1.54) is 19.3 Å². The van der Waals surface area contributed by atoms with Crippen molar-refractivity contribution < 1.29 is 14.3 Å². The minimum Gasteiger partial charge on any atom is -0.497 e. The van der Waals surface area contributed by atoms with Gasteiger partial charge in [-0.2, -0.15) is 0 Å². The summed E-state index contributed by atoms with van der Waals surface area (Å²) in [7, 11) is 3.15. The summed E-state index contributed by atoms with van der Waals surface area (Å²) in [6, 6.07) is 9.66. The van der Waals surface area contributed by atoms with E-state index in [4.69, 9.17) is 9.47 Å². The van der Waals surface area contributed by atoms with Crippen molar-refractivity contribution >= 4 is 17.3 Å². The number of carbonyl (C=O) groups is 1. The van der Waals surface area contributed by atoms with Crippen molar-refractivity contribution in [3.05, 3.63) is 42.2 Å². The molecule has 1 aliphatic rings. The van der Waals surface area contributed by atoms with Gasteiger partial charge in [-0.3, -0.25) is 9.78 Å². The van der Waals surface area contributed by atoms with Crippen LogP contribution in [-0.4, -0.2) is 37.7 Å². The quantitative estimate of drug-likeness (QED) is 0.830. The highest BCUT2D eigenvalue weighted by Crippen LogP contribution is 2.30. The highest BCUT2D eigenvalue weighted by Gasteiger charge is 2.22. The molecule has 1 fully saturated rings. The summed E-state index contributed by atoms with van der Waals surface area (Å²) in [5.41, 5.74) is 2.00. The second-order valence-corrected chi connectivity index (χ2v) is 6.67. The van der Waals surface area contributed by atoms with Gasteiger partial charge in [0.15, 0.2) is 0 Å². The standard InChI is InChI=1S/C21H27N3O3/c1-4-15-7-5-6-12-24(15)16-10-11-22-19(13-16)21(25)23-18-14-17(26-2)8-9-20(18)27-3/h8-11,13-15H,4-7,12H2,1-3H3,(H,23,25). The number of aromatic nitrogens is 1. The Kier molecular flexibility index (Phi) is 6.16. The van der Waals surface area contributed by atoms with Gasteiger partial charge in [-0.05, 0) is 49.9 Å². The van der Waals surface area contributed by atoms with Gasteiger partial charge >= 0.3 is 0 Å². The molecule has 0 saturated carbocycles. The molecule has 0 aliphatic carbocycles. The maximum absolute atomic E-state index is 12.8. The summed E-state index contributed by atoms with van der Waals surface area (Å²) >= 11 is 0. The highest BCUT2D eigenvalue weighted by molar-refractivity contribution is 6.04. The first-order chi connectivity index (χ1) is 13.2. The van der Waals surface area contributed by atoms with Gasteiger partial charge in [0, 0.05) is 30.5 Å². The van der Waals surface area contributed by atoms with Gasteiger partial charge in [-0.1, -0.05) is 6.92 Å². The zero-order chi connectivity index (χ0) is 19.2. The summed E-state index contributed by atoms with van der Waals surface area (Å²) in [5, 5.41) is 2.88. The van der Waals surface area contributed by atoms with Crippen molar-refractivity contribution in [2.45, 2.75) is 38.6 Å². The van der Waals surface area contributed by atoms with Crippen LogP contribution in [0.4, 0.5) is 11.4 Å². The van der Waals surface area contributed by atoms with Crippen molar-refractivity contribution in [3.8, 4) is 11.5 Å². The van der Waals surface area contributed by atoms with Crippen LogP contribution >= 0.6 is 0 Å². The van der Waals surface area contributed by atoms with Crippen LogP contribution < -0.4 is 19.7 Å². The fraction of sp³-hybridized carbons (Fsp3) is 0.429. The lowest BCUT2D eigenvalue weighted by Gasteiger charge is -2.37. The number of pyridine rings is 1. The number of carbonyl (C=O) groups excluding carboxylic acids is 1. The molecule has 0 bridgehead atoms. The van der Waals surface area contributed by atoms with E-state index in [1.54, 1.807) is 38.6 Å². The minimum absolute atomic E-state index is 0.270. The average molecular weight is 369 g/mol. The first kappa shape index (κ1) is 19.0. The predicted molar refractivity (Wildman–Crippen MR) is 107 cm³/mol. The van der Waals surface area contributed by atoms with Crippen molar-refractivity contribution in [3.63, 3.8) is 0 Å². The smallest absolute Gasteiger partial charge is 0.274 e. The van der Waals surface area contributed by atoms with Crippen LogP contribution in [-0.2, 0) is 0 Å². The highest BCUT2D eigenvalue weighted by atomic mass is 16.5. The summed E-state index contributed by atoms with van der Waals surface area (Å²) in [6.45, 7) is 3.24. The van der Waals surface area contributed by atoms with E-state index in [1.807, 2.05) is 12.1 Å². The molecule has 144 valence electrons. The van der Waals surface area contributed by atoms with E-state index >= 15 is 0 Å². The summed E-state index contributed by atoms with van der Waals surface area (Å²) < 4.78 is 10.6. The Hall–Kier alpha value is -2.76. The van der Waals surface area contributed by atoms with Crippen LogP contribution in [0.3, 0.4) is 0 Å². The Balaban J connectivity index is 1.82. The monoisotopic (exact) mass is 369 g/mol. The third-order valence-corrected chi connectivity index (χ3v) is 5.06. The molecule has 0 radical (unpaired) electrons. The van der Waals surface area contributed by atoms with E-state index in [9.17, 15) is 4.79 Å². The van der Waals surface area contributed by atoms with Gasteiger partial charge in [-0.15, -0.1) is 0 Å². The first-order valence-electron chi connectivity index (χ1n) is 9.42. The molecule has 2 aromatic rings. The maximum Gasteiger partial charge on any atom is 0.274 e. The third kappa shape index (κ3) is 4.32. The van der Waals surface area contributed by atoms with E-state index < -0.39 is 0 Å². The maximum atomic E-state index is 12.8. The van der Waals surface area contributed by atoms with E-state index in [-0.39, 0.29) is 5.91 Å². The number of anilines is 2. The SMILES string of the molecule is CCC1CCCCN1c1ccnc(C(=O)Nc2cc(OC)ccc2OC)c1. The molecule has 3 rings (SSSR count). The zero-order valence-corrected chi connectivity index (χ0v) is 16.2. The number of rotatable bonds is 6. The molecule has 1 N–H and O–H groups in total. The van der Waals surface area contributed by atoms with Crippen LogP contribution in [0.5, 0.6) is 11.5 Å². The first-order valence-corrected chi connectivity index (χ1v) is 9.42. The van der Waals surface area contributed by atoms with Gasteiger partial charge in [0.2, 0.25) is 0 Å². The van der Waals surface area contributed by atoms with Gasteiger partial charge in [-0.25, -0.2) is 0 Å². The lowest BCUT2D eigenvalue weighted by molar-refractivity contribution is 0.102. The second-order valence-electron chi connectivity index (χ2n) is 6.67. The fourth-order valence-electron chi connectivity index (χ4n) is 3.59. The van der Waals surface area contributed by atoms with Crippen LogP contribution in [0.25, 0.3) is 0 Å². The Morgan fingerprint density at radius 1 is 1.22 bits per heavy atom. The van der Waals surface area contributed by atoms with E-state index in [2.05, 4.69) is 22.1 Å². The average Bonchev–Trinajstić information content (AvgIpc) is 2.73. The number of nitrogens with zero attached hydrogens (tertiary/aromatic N) is 2. The van der Waals surface area contributed by atoms with Gasteiger partial charge in [0.05, 0.1) is 19.9 Å². The number of nitrogens with one attached hydrogen (secondary N) is 1. The Labute approximate surface area is 160 Å². The van der Waals surface area contributed by atoms with Crippen molar-refractivity contribution in [2.75, 3.05) is 31.0 Å². The Bertz CT molecular complexity index is 794. The van der Waals surface area contributed by atoms with Crippen LogP contribution in [0.15, 0.2) is 36.5 Å². The Morgan fingerprint density at radius 3 is 2.81 bits per heavy atom. The molecule has 6 heteroatoms. The number of piperidine rings is 1. The zero-order valence-electron chi connectivity index (χ0n) is 16.2. The number of methoxy groups -OCH3 is 2. The van der Waals surface area contributed by atoms with E-state index in [0.29, 0.717) is 28.9 Å². The number of hydrogen-bond donors (Lipinski definition) is 1. The van der Waals surface area contributed by atoms with Crippen LogP contribution in [0.1, 0.15) is 43.1 Å². The number of amides is 1.